The second-order valence-corrected chi connectivity index (χ2v) is 16.2. The van der Waals surface area contributed by atoms with Crippen LogP contribution in [-0.2, 0) is 0 Å². The van der Waals surface area contributed by atoms with E-state index in [0.29, 0.717) is 5.84 Å². The highest BCUT2D eigenvalue weighted by Gasteiger charge is 2.26. The van der Waals surface area contributed by atoms with Gasteiger partial charge >= 0.3 is 0 Å². The molecule has 0 saturated heterocycles. The van der Waals surface area contributed by atoms with Crippen LogP contribution < -0.4 is 5.32 Å². The summed E-state index contributed by atoms with van der Waals surface area (Å²) in [6.45, 7) is 0. The average Bonchev–Trinajstić information content (AvgIpc) is 3.88. The van der Waals surface area contributed by atoms with Crippen LogP contribution in [0, 0.1) is 0 Å². The fraction of sp³-hybridized carbons (Fsp3) is 0.0175. The fourth-order valence-corrected chi connectivity index (χ4v) is 9.64. The highest BCUT2D eigenvalue weighted by Crippen LogP contribution is 2.41. The van der Waals surface area contributed by atoms with E-state index in [4.69, 9.17) is 14.4 Å². The third-order valence-corrected chi connectivity index (χ3v) is 12.6. The fourth-order valence-electron chi connectivity index (χ4n) is 9.64. The Kier molecular flexibility index (Phi) is 7.60. The zero-order valence-electron chi connectivity index (χ0n) is 33.5. The van der Waals surface area contributed by atoms with Crippen molar-refractivity contribution < 1.29 is 4.42 Å². The number of furan rings is 1. The summed E-state index contributed by atoms with van der Waals surface area (Å²) in [5.74, 6) is 1.42. The van der Waals surface area contributed by atoms with Crippen LogP contribution in [0.25, 0.3) is 92.9 Å². The minimum atomic E-state index is -0.410. The van der Waals surface area contributed by atoms with Crippen LogP contribution in [0.1, 0.15) is 22.9 Å². The Morgan fingerprint density at radius 1 is 0.435 bits per heavy atom. The molecule has 1 aliphatic heterocycles. The zero-order chi connectivity index (χ0) is 40.7. The SMILES string of the molecule is c1ccc(-c2ccc(C3N=C(c4cc(-n5c6ccccc6c6cc7ccccc7cc65)c5oc6ccccc6c5c4)N=C(c4cc5ccccc5c5ccccc45)N3)cc2)cc1. The number of hydrogen-bond acceptors (Lipinski definition) is 4. The monoisotopic (exact) mass is 792 g/mol. The molecule has 290 valence electrons. The van der Waals surface area contributed by atoms with Gasteiger partial charge < -0.3 is 14.3 Å². The topological polar surface area (TPSA) is 54.8 Å². The lowest BCUT2D eigenvalue weighted by molar-refractivity contribution is 0.666. The number of nitrogens with zero attached hydrogens (tertiary/aromatic N) is 3. The van der Waals surface area contributed by atoms with E-state index in [-0.39, 0.29) is 0 Å². The highest BCUT2D eigenvalue weighted by atomic mass is 16.3. The molecule has 0 fully saturated rings. The summed E-state index contributed by atoms with van der Waals surface area (Å²) >= 11 is 0. The van der Waals surface area contributed by atoms with E-state index < -0.39 is 6.17 Å². The number of hydrogen-bond donors (Lipinski definition) is 1. The maximum absolute atomic E-state index is 6.84. The van der Waals surface area contributed by atoms with Gasteiger partial charge in [0.25, 0.3) is 0 Å². The van der Waals surface area contributed by atoms with Crippen LogP contribution in [-0.4, -0.2) is 16.2 Å². The number of amidine groups is 2. The third-order valence-electron chi connectivity index (χ3n) is 12.6. The van der Waals surface area contributed by atoms with E-state index in [1.165, 1.54) is 37.9 Å². The van der Waals surface area contributed by atoms with Crippen molar-refractivity contribution in [3.63, 3.8) is 0 Å². The van der Waals surface area contributed by atoms with Gasteiger partial charge in [-0.2, -0.15) is 0 Å². The van der Waals surface area contributed by atoms with Gasteiger partial charge in [0.15, 0.2) is 11.4 Å². The molecule has 1 N–H and O–H groups in total. The van der Waals surface area contributed by atoms with E-state index >= 15 is 0 Å². The first-order valence-corrected chi connectivity index (χ1v) is 21.1. The van der Waals surface area contributed by atoms with Gasteiger partial charge in [0, 0.05) is 32.7 Å². The van der Waals surface area contributed by atoms with Crippen molar-refractivity contribution in [1.29, 1.82) is 0 Å². The quantitative estimate of drug-likeness (QED) is 0.177. The van der Waals surface area contributed by atoms with Crippen molar-refractivity contribution >= 4 is 87.7 Å². The predicted molar refractivity (Wildman–Crippen MR) is 258 cm³/mol. The van der Waals surface area contributed by atoms with Crippen molar-refractivity contribution in [3.8, 4) is 16.8 Å². The molecule has 1 unspecified atom stereocenters. The molecule has 10 aromatic carbocycles. The molecule has 0 radical (unpaired) electrons. The maximum atomic E-state index is 6.84. The largest absolute Gasteiger partial charge is 0.454 e. The van der Waals surface area contributed by atoms with E-state index in [2.05, 4.69) is 210 Å². The van der Waals surface area contributed by atoms with Gasteiger partial charge in [-0.3, -0.25) is 0 Å². The average molecular weight is 793 g/mol. The van der Waals surface area contributed by atoms with Crippen molar-refractivity contribution in [2.24, 2.45) is 9.98 Å². The first kappa shape index (κ1) is 34.6. The van der Waals surface area contributed by atoms with Gasteiger partial charge in [0.05, 0.1) is 16.7 Å². The van der Waals surface area contributed by atoms with Gasteiger partial charge in [-0.05, 0) is 91.5 Å². The summed E-state index contributed by atoms with van der Waals surface area (Å²) in [6.07, 6.45) is -0.410. The van der Waals surface area contributed by atoms with Gasteiger partial charge in [0.2, 0.25) is 0 Å². The molecule has 0 amide bonds. The van der Waals surface area contributed by atoms with Gasteiger partial charge in [0.1, 0.15) is 17.6 Å². The molecule has 12 aromatic rings. The summed E-state index contributed by atoms with van der Waals surface area (Å²) in [7, 11) is 0. The summed E-state index contributed by atoms with van der Waals surface area (Å²) < 4.78 is 9.21. The summed E-state index contributed by atoms with van der Waals surface area (Å²) in [5.41, 5.74) is 10.1. The summed E-state index contributed by atoms with van der Waals surface area (Å²) in [5, 5.41) is 15.3. The molecule has 0 bridgehead atoms. The van der Waals surface area contributed by atoms with Crippen LogP contribution >= 0.6 is 0 Å². The molecule has 13 rings (SSSR count). The van der Waals surface area contributed by atoms with Crippen LogP contribution in [0.3, 0.4) is 0 Å². The number of nitrogens with one attached hydrogen (secondary N) is 1. The molecule has 0 aliphatic carbocycles. The number of para-hydroxylation sites is 2. The summed E-state index contributed by atoms with van der Waals surface area (Å²) in [6, 6.07) is 73.4. The smallest absolute Gasteiger partial charge is 0.159 e. The highest BCUT2D eigenvalue weighted by molar-refractivity contribution is 6.23. The Bertz CT molecular complexity index is 3840. The number of aromatic nitrogens is 1. The molecule has 2 aromatic heterocycles. The van der Waals surface area contributed by atoms with Gasteiger partial charge in [-0.1, -0.05) is 164 Å². The lowest BCUT2D eigenvalue weighted by Crippen LogP contribution is -2.33. The predicted octanol–water partition coefficient (Wildman–Crippen LogP) is 14.3. The Labute approximate surface area is 356 Å². The normalized spacial score (nSPS) is 14.3. The van der Waals surface area contributed by atoms with Crippen molar-refractivity contribution in [3.05, 3.63) is 223 Å². The molecule has 1 atom stereocenters. The molecule has 1 aliphatic rings. The van der Waals surface area contributed by atoms with E-state index in [1.807, 2.05) is 6.07 Å². The zero-order valence-corrected chi connectivity index (χ0v) is 33.5. The minimum Gasteiger partial charge on any atom is -0.454 e. The van der Waals surface area contributed by atoms with Crippen LogP contribution in [0.5, 0.6) is 0 Å². The Balaban J connectivity index is 1.08. The Morgan fingerprint density at radius 2 is 1.08 bits per heavy atom. The van der Waals surface area contributed by atoms with E-state index in [0.717, 1.165) is 77.5 Å². The first-order valence-electron chi connectivity index (χ1n) is 21.1. The van der Waals surface area contributed by atoms with Crippen molar-refractivity contribution in [2.75, 3.05) is 0 Å². The minimum absolute atomic E-state index is 0.410. The van der Waals surface area contributed by atoms with Crippen LogP contribution in [0.4, 0.5) is 0 Å². The van der Waals surface area contributed by atoms with Gasteiger partial charge in [-0.15, -0.1) is 0 Å². The lowest BCUT2D eigenvalue weighted by Gasteiger charge is -2.25. The second kappa shape index (κ2) is 13.6. The summed E-state index contributed by atoms with van der Waals surface area (Å²) in [4.78, 5) is 11.0. The van der Waals surface area contributed by atoms with Crippen molar-refractivity contribution in [1.82, 2.24) is 9.88 Å². The molecular weight excluding hydrogens is 757 g/mol. The molecule has 3 heterocycles. The Hall–Kier alpha value is -8.28. The van der Waals surface area contributed by atoms with Gasteiger partial charge in [-0.25, -0.2) is 9.98 Å². The number of benzene rings is 10. The lowest BCUT2D eigenvalue weighted by atomic mass is 9.96. The molecule has 5 nitrogen and oxygen atoms in total. The van der Waals surface area contributed by atoms with Crippen LogP contribution in [0.15, 0.2) is 221 Å². The molecule has 0 saturated carbocycles. The standard InChI is InChI=1S/C57H36N4O/c1-2-14-35(15-3-1)36-26-28-37(29-27-36)55-58-56(60-57(59-55)49-31-40-18-6-7-19-42(40)43-20-8-9-21-44(43)49)41-32-48-46-23-11-13-25-53(46)62-54(48)52(34-41)61-50-24-12-10-22-45(50)47-30-38-16-4-5-17-39(38)33-51(47)61/h1-34,55H,(H,58,59,60). The molecule has 5 heteroatoms. The van der Waals surface area contributed by atoms with Crippen molar-refractivity contribution in [2.45, 2.75) is 6.17 Å². The number of aliphatic imine (C=N–C) groups is 2. The molecular formula is C57H36N4O. The van der Waals surface area contributed by atoms with Crippen LogP contribution in [0.2, 0.25) is 0 Å². The first-order chi connectivity index (χ1) is 30.7. The Morgan fingerprint density at radius 3 is 1.90 bits per heavy atom. The third kappa shape index (κ3) is 5.42. The maximum Gasteiger partial charge on any atom is 0.159 e. The van der Waals surface area contributed by atoms with E-state index in [9.17, 15) is 0 Å². The molecule has 62 heavy (non-hydrogen) atoms. The van der Waals surface area contributed by atoms with E-state index in [1.54, 1.807) is 0 Å². The second-order valence-electron chi connectivity index (χ2n) is 16.2. The number of fused-ring (bicyclic) bond motifs is 10. The molecule has 0 spiro atoms. The number of rotatable bonds is 5.